The number of halogens is 1. The van der Waals surface area contributed by atoms with Crippen molar-refractivity contribution in [1.29, 1.82) is 0 Å². The molecule has 1 spiro atoms. The second kappa shape index (κ2) is 6.79. The van der Waals surface area contributed by atoms with Crippen LogP contribution in [-0.2, 0) is 18.9 Å². The van der Waals surface area contributed by atoms with E-state index in [0.717, 1.165) is 51.1 Å². The first-order chi connectivity index (χ1) is 14.3. The maximum absolute atomic E-state index is 6.19. The molecule has 0 aromatic rings. The van der Waals surface area contributed by atoms with Gasteiger partial charge in [-0.2, -0.15) is 0 Å². The summed E-state index contributed by atoms with van der Waals surface area (Å²) in [6.45, 7) is 10.3. The van der Waals surface area contributed by atoms with Crippen LogP contribution in [-0.4, -0.2) is 42.8 Å². The normalized spacial score (nSPS) is 51.3. The van der Waals surface area contributed by atoms with Gasteiger partial charge < -0.3 is 18.9 Å². The summed E-state index contributed by atoms with van der Waals surface area (Å²) in [5.74, 6) is 1.97. The molecular weight excluding hydrogens is 444 g/mol. The van der Waals surface area contributed by atoms with E-state index in [-0.39, 0.29) is 11.6 Å². The fourth-order valence-electron chi connectivity index (χ4n) is 8.89. The molecule has 2 heterocycles. The number of alkyl halides is 1. The van der Waals surface area contributed by atoms with Gasteiger partial charge in [-0.3, -0.25) is 0 Å². The fourth-order valence-corrected chi connectivity index (χ4v) is 9.94. The van der Waals surface area contributed by atoms with Crippen LogP contribution in [0, 0.1) is 34.5 Å². The number of hydrogen-bond acceptors (Lipinski definition) is 4. The summed E-state index contributed by atoms with van der Waals surface area (Å²) < 4.78 is 24.6. The van der Waals surface area contributed by atoms with Crippen molar-refractivity contribution in [3.8, 4) is 0 Å². The standard InChI is InChI=1S/C25H37BrO4/c1-22-8-9-25(29-12-13-30-25)15-16(22)14-19(26)21-17-4-5-20(24(3)27-10-11-28-24)23(17,2)7-6-18(21)22/h14,17-21H,4-13,15H2,1-3H3/t17-,18-,19+,20-,21-,22-,23-/m0/s1. The summed E-state index contributed by atoms with van der Waals surface area (Å²) in [5.41, 5.74) is 2.19. The van der Waals surface area contributed by atoms with Gasteiger partial charge in [-0.1, -0.05) is 41.4 Å². The average molecular weight is 481 g/mol. The van der Waals surface area contributed by atoms with E-state index in [2.05, 4.69) is 42.8 Å². The van der Waals surface area contributed by atoms with Crippen molar-refractivity contribution in [2.75, 3.05) is 26.4 Å². The molecular formula is C25H37BrO4. The topological polar surface area (TPSA) is 36.9 Å². The zero-order valence-electron chi connectivity index (χ0n) is 18.8. The monoisotopic (exact) mass is 480 g/mol. The van der Waals surface area contributed by atoms with Crippen LogP contribution in [0.4, 0.5) is 0 Å². The zero-order chi connectivity index (χ0) is 20.8. The third kappa shape index (κ3) is 2.71. The first-order valence-corrected chi connectivity index (χ1v) is 13.1. The van der Waals surface area contributed by atoms with Crippen LogP contribution in [0.1, 0.15) is 65.7 Å². The third-order valence-electron chi connectivity index (χ3n) is 10.4. The van der Waals surface area contributed by atoms with Gasteiger partial charge in [0, 0.05) is 23.6 Å². The van der Waals surface area contributed by atoms with Gasteiger partial charge in [0.25, 0.3) is 0 Å². The van der Waals surface area contributed by atoms with Crippen LogP contribution in [0.25, 0.3) is 0 Å². The molecule has 0 amide bonds. The Bertz CT molecular complexity index is 739. The number of ether oxygens (including phenoxy) is 4. The number of hydrogen-bond donors (Lipinski definition) is 0. The Morgan fingerprint density at radius 1 is 0.833 bits per heavy atom. The molecule has 4 nitrogen and oxygen atoms in total. The van der Waals surface area contributed by atoms with Crippen molar-refractivity contribution in [3.05, 3.63) is 11.6 Å². The van der Waals surface area contributed by atoms with Gasteiger partial charge in [-0.05, 0) is 67.6 Å². The summed E-state index contributed by atoms with van der Waals surface area (Å²) in [6, 6.07) is 0. The molecule has 0 bridgehead atoms. The number of rotatable bonds is 1. The van der Waals surface area contributed by atoms with Gasteiger partial charge in [-0.25, -0.2) is 0 Å². The SMILES string of the molecule is CC1([C@H]2CC[C@H]3[C@@H]4[C@H](Br)C=C5CC6(CC[C@]5(C)[C@H]4CC[C@]23C)OCCO6)OCCO1. The molecule has 0 radical (unpaired) electrons. The molecule has 0 aromatic heterocycles. The van der Waals surface area contributed by atoms with Crippen LogP contribution >= 0.6 is 15.9 Å². The Hall–Kier alpha value is 0.0600. The molecule has 3 saturated carbocycles. The van der Waals surface area contributed by atoms with Crippen LogP contribution in [0.2, 0.25) is 0 Å². The van der Waals surface area contributed by atoms with Crippen LogP contribution in [0.3, 0.4) is 0 Å². The summed E-state index contributed by atoms with van der Waals surface area (Å²) in [7, 11) is 0. The molecule has 0 unspecified atom stereocenters. The van der Waals surface area contributed by atoms with Gasteiger partial charge in [0.2, 0.25) is 0 Å². The molecule has 4 aliphatic carbocycles. The second-order valence-electron chi connectivity index (χ2n) is 11.5. The average Bonchev–Trinajstić information content (AvgIpc) is 3.43. The van der Waals surface area contributed by atoms with Gasteiger partial charge in [0.05, 0.1) is 26.4 Å². The van der Waals surface area contributed by atoms with E-state index >= 15 is 0 Å². The highest BCUT2D eigenvalue weighted by atomic mass is 79.9. The van der Waals surface area contributed by atoms with Gasteiger partial charge in [0.1, 0.15) is 0 Å². The molecule has 2 saturated heterocycles. The lowest BCUT2D eigenvalue weighted by Gasteiger charge is -2.60. The molecule has 30 heavy (non-hydrogen) atoms. The molecule has 2 aliphatic heterocycles. The summed E-state index contributed by atoms with van der Waals surface area (Å²) in [5, 5.41) is 0. The largest absolute Gasteiger partial charge is 0.348 e. The summed E-state index contributed by atoms with van der Waals surface area (Å²) in [4.78, 5) is 0.448. The quantitative estimate of drug-likeness (QED) is 0.369. The molecule has 168 valence electrons. The molecule has 0 aromatic carbocycles. The lowest BCUT2D eigenvalue weighted by molar-refractivity contribution is -0.216. The first-order valence-electron chi connectivity index (χ1n) is 12.2. The number of allylic oxidation sites excluding steroid dienone is 1. The molecule has 0 N–H and O–H groups in total. The first kappa shape index (κ1) is 20.7. The van der Waals surface area contributed by atoms with E-state index in [1.54, 1.807) is 5.57 Å². The highest BCUT2D eigenvalue weighted by Crippen LogP contribution is 2.69. The molecule has 5 fully saturated rings. The van der Waals surface area contributed by atoms with E-state index in [0.29, 0.717) is 27.5 Å². The lowest BCUT2D eigenvalue weighted by atomic mass is 9.47. The lowest BCUT2D eigenvalue weighted by Crippen LogP contribution is -2.56. The maximum Gasteiger partial charge on any atom is 0.172 e. The Balaban J connectivity index is 1.32. The van der Waals surface area contributed by atoms with Gasteiger partial charge >= 0.3 is 0 Å². The van der Waals surface area contributed by atoms with E-state index in [4.69, 9.17) is 18.9 Å². The second-order valence-corrected chi connectivity index (χ2v) is 12.6. The van der Waals surface area contributed by atoms with E-state index in [1.807, 2.05) is 0 Å². The number of fused-ring (bicyclic) bond motifs is 5. The summed E-state index contributed by atoms with van der Waals surface area (Å²) >= 11 is 4.17. The molecule has 5 heteroatoms. The van der Waals surface area contributed by atoms with Crippen molar-refractivity contribution >= 4 is 15.9 Å². The van der Waals surface area contributed by atoms with Crippen molar-refractivity contribution in [1.82, 2.24) is 0 Å². The van der Waals surface area contributed by atoms with Crippen LogP contribution in [0.15, 0.2) is 11.6 Å². The minimum Gasteiger partial charge on any atom is -0.348 e. The van der Waals surface area contributed by atoms with Crippen molar-refractivity contribution in [3.63, 3.8) is 0 Å². The van der Waals surface area contributed by atoms with Crippen LogP contribution < -0.4 is 0 Å². The maximum atomic E-state index is 6.19. The Labute approximate surface area is 189 Å². The van der Waals surface area contributed by atoms with Crippen molar-refractivity contribution < 1.29 is 18.9 Å². The Morgan fingerprint density at radius 2 is 1.53 bits per heavy atom. The molecule has 6 rings (SSSR count). The fraction of sp³-hybridized carbons (Fsp3) is 0.920. The van der Waals surface area contributed by atoms with E-state index < -0.39 is 0 Å². The predicted octanol–water partition coefficient (Wildman–Crippen LogP) is 5.44. The highest BCUT2D eigenvalue weighted by Gasteiger charge is 2.65. The highest BCUT2D eigenvalue weighted by molar-refractivity contribution is 9.09. The Kier molecular flexibility index (Phi) is 4.67. The minimum absolute atomic E-state index is 0.291. The Morgan fingerprint density at radius 3 is 2.27 bits per heavy atom. The van der Waals surface area contributed by atoms with Crippen molar-refractivity contribution in [2.45, 2.75) is 82.1 Å². The third-order valence-corrected chi connectivity index (χ3v) is 11.3. The van der Waals surface area contributed by atoms with Gasteiger partial charge in [-0.15, -0.1) is 0 Å². The summed E-state index contributed by atoms with van der Waals surface area (Å²) in [6.07, 6.45) is 10.9. The zero-order valence-corrected chi connectivity index (χ0v) is 20.3. The van der Waals surface area contributed by atoms with Crippen molar-refractivity contribution in [2.24, 2.45) is 34.5 Å². The van der Waals surface area contributed by atoms with E-state index in [9.17, 15) is 0 Å². The predicted molar refractivity (Wildman–Crippen MR) is 118 cm³/mol. The van der Waals surface area contributed by atoms with Crippen LogP contribution in [0.5, 0.6) is 0 Å². The smallest absolute Gasteiger partial charge is 0.172 e. The molecule has 6 aliphatic rings. The minimum atomic E-state index is -0.383. The van der Waals surface area contributed by atoms with Gasteiger partial charge in [0.15, 0.2) is 11.6 Å². The van der Waals surface area contributed by atoms with E-state index in [1.165, 1.54) is 32.1 Å². The molecule has 7 atom stereocenters.